The van der Waals surface area contributed by atoms with Gasteiger partial charge in [-0.15, -0.1) is 0 Å². The van der Waals surface area contributed by atoms with Crippen LogP contribution in [0.3, 0.4) is 0 Å². The maximum absolute atomic E-state index is 12.2. The van der Waals surface area contributed by atoms with E-state index in [1.54, 1.807) is 0 Å². The van der Waals surface area contributed by atoms with Gasteiger partial charge in [0.05, 0.1) is 8.07 Å². The second-order valence-corrected chi connectivity index (χ2v) is 13.8. The average Bonchev–Trinajstić information content (AvgIpc) is 2.33. The van der Waals surface area contributed by atoms with Gasteiger partial charge in [-0.25, -0.2) is 0 Å². The summed E-state index contributed by atoms with van der Waals surface area (Å²) in [4.78, 5) is 12.2. The highest BCUT2D eigenvalue weighted by molar-refractivity contribution is 8.00. The van der Waals surface area contributed by atoms with Crippen LogP contribution in [0.15, 0.2) is 0 Å². The zero-order chi connectivity index (χ0) is 15.4. The van der Waals surface area contributed by atoms with E-state index in [0.717, 1.165) is 18.3 Å². The first kappa shape index (κ1) is 18.0. The van der Waals surface area contributed by atoms with Crippen molar-refractivity contribution in [3.8, 4) is 0 Å². The van der Waals surface area contributed by atoms with Crippen molar-refractivity contribution < 1.29 is 9.90 Å². The summed E-state index contributed by atoms with van der Waals surface area (Å²) in [6.45, 7) is 11.8. The highest BCUT2D eigenvalue weighted by Gasteiger charge is 2.62. The fourth-order valence-electron chi connectivity index (χ4n) is 3.72. The number of carbonyl (C=O) groups is 1. The van der Waals surface area contributed by atoms with E-state index in [2.05, 4.69) is 39.2 Å². The summed E-state index contributed by atoms with van der Waals surface area (Å²) in [5.41, 5.74) is 0. The Morgan fingerprint density at radius 3 is 2.45 bits per heavy atom. The number of unbranched alkanes of at least 4 members (excludes halogenated alkanes) is 3. The summed E-state index contributed by atoms with van der Waals surface area (Å²) in [7, 11) is -1.93. The molecule has 0 bridgehead atoms. The van der Waals surface area contributed by atoms with Crippen molar-refractivity contribution in [2.45, 2.75) is 75.5 Å². The number of nitrogens with one attached hydrogen (secondary N) is 1. The van der Waals surface area contributed by atoms with Gasteiger partial charge in [0.25, 0.3) is 0 Å². The molecule has 118 valence electrons. The van der Waals surface area contributed by atoms with Gasteiger partial charge in [-0.05, 0) is 13.8 Å². The highest BCUT2D eigenvalue weighted by Crippen LogP contribution is 2.45. The molecule has 0 spiro atoms. The average molecular weight is 318 g/mol. The molecule has 1 fully saturated rings. The molecule has 1 aliphatic rings. The summed E-state index contributed by atoms with van der Waals surface area (Å²) in [5.74, 6) is 0.365. The van der Waals surface area contributed by atoms with E-state index in [9.17, 15) is 9.90 Å². The van der Waals surface area contributed by atoms with Crippen molar-refractivity contribution in [3.63, 3.8) is 0 Å². The minimum atomic E-state index is -1.93. The van der Waals surface area contributed by atoms with Crippen LogP contribution in [0.5, 0.6) is 0 Å². The van der Waals surface area contributed by atoms with Crippen molar-refractivity contribution in [1.82, 2.24) is 5.32 Å². The van der Waals surface area contributed by atoms with E-state index >= 15 is 0 Å². The number of aliphatic carboxylic acids is 1. The van der Waals surface area contributed by atoms with Gasteiger partial charge < -0.3 is 10.4 Å². The molecule has 1 rings (SSSR count). The fraction of sp³-hybridized carbons (Fsp3) is 0.933. The van der Waals surface area contributed by atoms with Gasteiger partial charge in [-0.1, -0.05) is 51.7 Å². The zero-order valence-electron chi connectivity index (χ0n) is 13.7. The van der Waals surface area contributed by atoms with Crippen molar-refractivity contribution in [1.29, 1.82) is 0 Å². The molecular weight excluding hydrogens is 286 g/mol. The lowest BCUT2D eigenvalue weighted by Crippen LogP contribution is -2.78. The van der Waals surface area contributed by atoms with Crippen LogP contribution < -0.4 is 5.32 Å². The number of hydrogen-bond acceptors (Lipinski definition) is 3. The molecule has 0 unspecified atom stereocenters. The summed E-state index contributed by atoms with van der Waals surface area (Å²) in [5, 5.41) is 12.8. The number of carboxylic acid groups (broad SMARTS) is 1. The molecule has 1 heterocycles. The van der Waals surface area contributed by atoms with Crippen molar-refractivity contribution in [3.05, 3.63) is 0 Å². The molecular formula is C15H31NO2SSi. The molecule has 0 aromatic rings. The molecule has 3 nitrogen and oxygen atoms in total. The Balaban J connectivity index is 2.96. The largest absolute Gasteiger partial charge is 0.480 e. The minimum Gasteiger partial charge on any atom is -0.480 e. The molecule has 20 heavy (non-hydrogen) atoms. The first-order valence-electron chi connectivity index (χ1n) is 7.83. The number of carboxylic acids is 1. The molecule has 5 heteroatoms. The second-order valence-electron chi connectivity index (χ2n) is 7.04. The predicted molar refractivity (Wildman–Crippen MR) is 91.3 cm³/mol. The van der Waals surface area contributed by atoms with Gasteiger partial charge in [-0.3, -0.25) is 4.79 Å². The molecule has 0 aliphatic carbocycles. The minimum absolute atomic E-state index is 0.239. The number of thioether (sulfide) groups is 1. The SMILES string of the molecule is CCCCCC[Si](C)(C)[C@]1(C(=O)O)NCCSC1(C)C. The summed E-state index contributed by atoms with van der Waals surface area (Å²) in [6, 6.07) is 1.09. The molecule has 1 saturated heterocycles. The van der Waals surface area contributed by atoms with Crippen LogP contribution in [-0.2, 0) is 4.79 Å². The Hall–Kier alpha value is -0.00312. The maximum atomic E-state index is 12.2. The van der Waals surface area contributed by atoms with Gasteiger partial charge in [0.15, 0.2) is 0 Å². The van der Waals surface area contributed by atoms with E-state index in [1.807, 2.05) is 11.8 Å². The lowest BCUT2D eigenvalue weighted by Gasteiger charge is -2.54. The molecule has 0 aromatic carbocycles. The standard InChI is InChI=1S/C15H31NO2SSi/c1-6-7-8-9-12-20(4,5)15(13(17)18)14(2,3)19-11-10-16-15/h16H,6-12H2,1-5H3,(H,17,18)/t15-/m0/s1. The third kappa shape index (κ3) is 3.25. The van der Waals surface area contributed by atoms with Crippen LogP contribution in [0.25, 0.3) is 0 Å². The van der Waals surface area contributed by atoms with Crippen LogP contribution >= 0.6 is 11.8 Å². The fourth-order valence-corrected chi connectivity index (χ4v) is 10.2. The third-order valence-electron chi connectivity index (χ3n) is 4.85. The topological polar surface area (TPSA) is 49.3 Å². The lowest BCUT2D eigenvalue weighted by atomic mass is 10.0. The van der Waals surface area contributed by atoms with Crippen LogP contribution in [0.1, 0.15) is 46.5 Å². The predicted octanol–water partition coefficient (Wildman–Crippen LogP) is 3.75. The van der Waals surface area contributed by atoms with Gasteiger partial charge in [0.1, 0.15) is 5.16 Å². The van der Waals surface area contributed by atoms with Crippen molar-refractivity contribution in [2.24, 2.45) is 0 Å². The molecule has 0 saturated carbocycles. The molecule has 1 atom stereocenters. The smallest absolute Gasteiger partial charge is 0.321 e. The first-order chi connectivity index (χ1) is 9.21. The van der Waals surface area contributed by atoms with E-state index in [1.165, 1.54) is 25.7 Å². The van der Waals surface area contributed by atoms with Gasteiger partial charge in [0.2, 0.25) is 0 Å². The molecule has 1 aliphatic heterocycles. The third-order valence-corrected chi connectivity index (χ3v) is 11.1. The monoisotopic (exact) mass is 317 g/mol. The Kier molecular flexibility index (Phi) is 6.17. The van der Waals surface area contributed by atoms with E-state index in [0.29, 0.717) is 0 Å². The number of rotatable bonds is 7. The lowest BCUT2D eigenvalue weighted by molar-refractivity contribution is -0.142. The second kappa shape index (κ2) is 6.84. The number of hydrogen-bond donors (Lipinski definition) is 2. The van der Waals surface area contributed by atoms with E-state index in [-0.39, 0.29) is 4.75 Å². The van der Waals surface area contributed by atoms with Crippen LogP contribution in [0.2, 0.25) is 19.1 Å². The van der Waals surface area contributed by atoms with Gasteiger partial charge in [-0.2, -0.15) is 11.8 Å². The van der Waals surface area contributed by atoms with E-state index < -0.39 is 19.2 Å². The maximum Gasteiger partial charge on any atom is 0.321 e. The Bertz CT molecular complexity index is 347. The Labute approximate surface area is 129 Å². The highest BCUT2D eigenvalue weighted by atomic mass is 32.2. The van der Waals surface area contributed by atoms with Crippen LogP contribution in [-0.4, -0.2) is 41.4 Å². The Morgan fingerprint density at radius 2 is 1.95 bits per heavy atom. The Morgan fingerprint density at radius 1 is 1.30 bits per heavy atom. The summed E-state index contributed by atoms with van der Waals surface area (Å²) in [6.07, 6.45) is 4.89. The molecule has 0 amide bonds. The van der Waals surface area contributed by atoms with Gasteiger partial charge >= 0.3 is 5.97 Å². The van der Waals surface area contributed by atoms with Gasteiger partial charge in [0, 0.05) is 17.0 Å². The molecule has 0 radical (unpaired) electrons. The van der Waals surface area contributed by atoms with Crippen LogP contribution in [0, 0.1) is 0 Å². The van der Waals surface area contributed by atoms with Crippen molar-refractivity contribution >= 4 is 25.8 Å². The van der Waals surface area contributed by atoms with Crippen LogP contribution in [0.4, 0.5) is 0 Å². The van der Waals surface area contributed by atoms with Crippen molar-refractivity contribution in [2.75, 3.05) is 12.3 Å². The summed E-state index contributed by atoms with van der Waals surface area (Å²) >= 11 is 1.82. The molecule has 0 aromatic heterocycles. The normalized spacial score (nSPS) is 26.4. The van der Waals surface area contributed by atoms with E-state index in [4.69, 9.17) is 0 Å². The summed E-state index contributed by atoms with van der Waals surface area (Å²) < 4.78 is -0.239. The molecule has 2 N–H and O–H groups in total. The first-order valence-corrected chi connectivity index (χ1v) is 12.0. The quantitative estimate of drug-likeness (QED) is 0.554. The zero-order valence-corrected chi connectivity index (χ0v) is 15.5.